The Labute approximate surface area is 143 Å². The van der Waals surface area contributed by atoms with Crippen molar-refractivity contribution in [2.45, 2.75) is 50.8 Å². The van der Waals surface area contributed by atoms with Gasteiger partial charge in [0, 0.05) is 18.3 Å². The van der Waals surface area contributed by atoms with E-state index in [1.54, 1.807) is 13.8 Å². The van der Waals surface area contributed by atoms with Gasteiger partial charge < -0.3 is 9.73 Å². The van der Waals surface area contributed by atoms with Crippen molar-refractivity contribution in [1.82, 2.24) is 9.71 Å². The second kappa shape index (κ2) is 7.11. The molecule has 24 heavy (non-hydrogen) atoms. The molecule has 1 aliphatic rings. The Morgan fingerprint density at radius 1 is 1.25 bits per heavy atom. The molecule has 132 valence electrons. The van der Waals surface area contributed by atoms with Gasteiger partial charge in [-0.25, -0.2) is 18.1 Å². The van der Waals surface area contributed by atoms with Crippen molar-refractivity contribution in [3.63, 3.8) is 0 Å². The molecule has 0 amide bonds. The first kappa shape index (κ1) is 17.2. The van der Waals surface area contributed by atoms with Gasteiger partial charge in [-0.3, -0.25) is 0 Å². The van der Waals surface area contributed by atoms with Gasteiger partial charge in [0.2, 0.25) is 10.0 Å². The summed E-state index contributed by atoms with van der Waals surface area (Å²) in [6, 6.07) is 5.99. The number of rotatable bonds is 6. The molecule has 1 aliphatic carbocycles. The highest BCUT2D eigenvalue weighted by Crippen LogP contribution is 2.26. The molecule has 1 heterocycles. The lowest BCUT2D eigenvalue weighted by Gasteiger charge is -2.29. The fourth-order valence-corrected chi connectivity index (χ4v) is 4.06. The lowest BCUT2D eigenvalue weighted by molar-refractivity contribution is 0.323. The molecule has 0 saturated heterocycles. The molecule has 7 heteroatoms. The second-order valence-electron chi connectivity index (χ2n) is 6.85. The summed E-state index contributed by atoms with van der Waals surface area (Å²) in [6.07, 6.45) is 5.32. The number of hydrogen-bond donors (Lipinski definition) is 2. The fourth-order valence-electron chi connectivity index (χ4n) is 3.08. The molecule has 0 unspecified atom stereocenters. The summed E-state index contributed by atoms with van der Waals surface area (Å²) in [5, 5.41) is 3.09. The molecule has 6 nitrogen and oxygen atoms in total. The number of nitrogens with zero attached hydrogens (tertiary/aromatic N) is 1. The summed E-state index contributed by atoms with van der Waals surface area (Å²) in [5.41, 5.74) is 2.68. The Bertz CT molecular complexity index is 777. The van der Waals surface area contributed by atoms with Gasteiger partial charge in [0.15, 0.2) is 12.0 Å². The van der Waals surface area contributed by atoms with Crippen LogP contribution in [0.2, 0.25) is 0 Å². The predicted octanol–water partition coefficient (Wildman–Crippen LogP) is 3.13. The summed E-state index contributed by atoms with van der Waals surface area (Å²) >= 11 is 0. The van der Waals surface area contributed by atoms with Crippen molar-refractivity contribution in [3.8, 4) is 0 Å². The van der Waals surface area contributed by atoms with E-state index in [0.717, 1.165) is 49.0 Å². The van der Waals surface area contributed by atoms with Crippen molar-refractivity contribution in [2.24, 2.45) is 5.92 Å². The van der Waals surface area contributed by atoms with E-state index in [0.29, 0.717) is 5.92 Å². The molecule has 0 aliphatic heterocycles. The Morgan fingerprint density at radius 3 is 2.71 bits per heavy atom. The summed E-state index contributed by atoms with van der Waals surface area (Å²) in [7, 11) is -3.17. The fraction of sp³-hybridized carbons (Fsp3) is 0.588. The van der Waals surface area contributed by atoms with Crippen molar-refractivity contribution in [1.29, 1.82) is 0 Å². The monoisotopic (exact) mass is 351 g/mol. The molecule has 3 rings (SSSR count). The van der Waals surface area contributed by atoms with Crippen molar-refractivity contribution in [2.75, 3.05) is 11.9 Å². The molecule has 1 fully saturated rings. The summed E-state index contributed by atoms with van der Waals surface area (Å²) < 4.78 is 32.0. The molecule has 1 saturated carbocycles. The minimum absolute atomic E-state index is 0.0835. The van der Waals surface area contributed by atoms with Gasteiger partial charge in [0.25, 0.3) is 0 Å². The number of sulfonamides is 1. The predicted molar refractivity (Wildman–Crippen MR) is 95.4 cm³/mol. The van der Waals surface area contributed by atoms with E-state index < -0.39 is 10.0 Å². The first-order valence-corrected chi connectivity index (χ1v) is 10.1. The first-order valence-electron chi connectivity index (χ1n) is 8.52. The molecule has 0 spiro atoms. The molecule has 1 aromatic heterocycles. The first-order chi connectivity index (χ1) is 11.4. The van der Waals surface area contributed by atoms with Crippen LogP contribution in [0, 0.1) is 5.92 Å². The Balaban J connectivity index is 1.47. The highest BCUT2D eigenvalue weighted by molar-refractivity contribution is 7.90. The number of benzene rings is 1. The van der Waals surface area contributed by atoms with Gasteiger partial charge in [0.1, 0.15) is 5.52 Å². The highest BCUT2D eigenvalue weighted by Gasteiger charge is 2.26. The molecular formula is C17H25N3O3S. The molecule has 2 N–H and O–H groups in total. The molecule has 0 bridgehead atoms. The van der Waals surface area contributed by atoms with E-state index in [2.05, 4.69) is 15.0 Å². The maximum atomic E-state index is 11.9. The van der Waals surface area contributed by atoms with Gasteiger partial charge in [-0.1, -0.05) is 0 Å². The summed E-state index contributed by atoms with van der Waals surface area (Å²) in [5.74, 6) is 0.567. The third kappa shape index (κ3) is 4.08. The van der Waals surface area contributed by atoms with Crippen LogP contribution in [0.1, 0.15) is 39.5 Å². The van der Waals surface area contributed by atoms with Gasteiger partial charge in [-0.05, 0) is 63.6 Å². The third-order valence-electron chi connectivity index (χ3n) is 4.72. The number of fused-ring (bicyclic) bond motifs is 1. The smallest absolute Gasteiger partial charge is 0.214 e. The van der Waals surface area contributed by atoms with E-state index in [9.17, 15) is 8.42 Å². The minimum Gasteiger partial charge on any atom is -0.443 e. The second-order valence-corrected chi connectivity index (χ2v) is 9.11. The van der Waals surface area contributed by atoms with Crippen LogP contribution in [0.5, 0.6) is 0 Å². The SMILES string of the molecule is CC(C)S(=O)(=O)NC1CCC(CNc2ccc3ocnc3c2)CC1. The third-order valence-corrected chi connectivity index (χ3v) is 6.63. The normalized spacial score (nSPS) is 22.1. The van der Waals surface area contributed by atoms with Crippen LogP contribution in [0.4, 0.5) is 5.69 Å². The largest absolute Gasteiger partial charge is 0.443 e. The Kier molecular flexibility index (Phi) is 5.10. The van der Waals surface area contributed by atoms with E-state index in [-0.39, 0.29) is 11.3 Å². The zero-order valence-corrected chi connectivity index (χ0v) is 15.0. The average Bonchev–Trinajstić information content (AvgIpc) is 3.01. The van der Waals surface area contributed by atoms with Gasteiger partial charge >= 0.3 is 0 Å². The zero-order chi connectivity index (χ0) is 17.2. The van der Waals surface area contributed by atoms with Gasteiger partial charge in [0.05, 0.1) is 5.25 Å². The van der Waals surface area contributed by atoms with Gasteiger partial charge in [-0.15, -0.1) is 0 Å². The summed E-state index contributed by atoms with van der Waals surface area (Å²) in [6.45, 7) is 4.32. The van der Waals surface area contributed by atoms with Crippen LogP contribution >= 0.6 is 0 Å². The Morgan fingerprint density at radius 2 is 2.00 bits per heavy atom. The van der Waals surface area contributed by atoms with E-state index in [1.165, 1.54) is 6.39 Å². The van der Waals surface area contributed by atoms with Crippen molar-refractivity contribution < 1.29 is 12.8 Å². The maximum absolute atomic E-state index is 11.9. The molecule has 0 atom stereocenters. The average molecular weight is 351 g/mol. The molecular weight excluding hydrogens is 326 g/mol. The topological polar surface area (TPSA) is 84.2 Å². The molecule has 2 aromatic rings. The van der Waals surface area contributed by atoms with Crippen molar-refractivity contribution >= 4 is 26.8 Å². The van der Waals surface area contributed by atoms with Crippen LogP contribution in [-0.2, 0) is 10.0 Å². The Hall–Kier alpha value is -1.60. The van der Waals surface area contributed by atoms with E-state index in [4.69, 9.17) is 4.42 Å². The van der Waals surface area contributed by atoms with Crippen LogP contribution in [-0.4, -0.2) is 31.2 Å². The quantitative estimate of drug-likeness (QED) is 0.835. The van der Waals surface area contributed by atoms with E-state index in [1.807, 2.05) is 18.2 Å². The van der Waals surface area contributed by atoms with Crippen LogP contribution in [0.15, 0.2) is 29.0 Å². The van der Waals surface area contributed by atoms with Gasteiger partial charge in [-0.2, -0.15) is 0 Å². The minimum atomic E-state index is -3.17. The van der Waals surface area contributed by atoms with Crippen LogP contribution in [0.25, 0.3) is 11.1 Å². The number of nitrogens with one attached hydrogen (secondary N) is 2. The number of hydrogen-bond acceptors (Lipinski definition) is 5. The molecule has 1 aromatic carbocycles. The van der Waals surface area contributed by atoms with Crippen LogP contribution in [0.3, 0.4) is 0 Å². The lowest BCUT2D eigenvalue weighted by Crippen LogP contribution is -2.41. The number of anilines is 1. The van der Waals surface area contributed by atoms with Crippen LogP contribution < -0.4 is 10.0 Å². The number of aromatic nitrogens is 1. The zero-order valence-electron chi connectivity index (χ0n) is 14.2. The molecule has 0 radical (unpaired) electrons. The van der Waals surface area contributed by atoms with E-state index >= 15 is 0 Å². The maximum Gasteiger partial charge on any atom is 0.214 e. The van der Waals surface area contributed by atoms with Crippen molar-refractivity contribution in [3.05, 3.63) is 24.6 Å². The summed E-state index contributed by atoms with van der Waals surface area (Å²) in [4.78, 5) is 4.16. The highest BCUT2D eigenvalue weighted by atomic mass is 32.2. The lowest BCUT2D eigenvalue weighted by atomic mass is 9.86. The number of oxazole rings is 1. The standard InChI is InChI=1S/C17H25N3O3S/c1-12(2)24(21,22)20-14-5-3-13(4-6-14)10-18-15-7-8-17-16(9-15)19-11-23-17/h7-9,11-14,18,20H,3-6,10H2,1-2H3.